The average Bonchev–Trinajstić information content (AvgIpc) is 2.50. The van der Waals surface area contributed by atoms with Gasteiger partial charge in [0.15, 0.2) is 0 Å². The number of rotatable bonds is 8. The third-order valence-electron chi connectivity index (χ3n) is 4.54. The van der Waals surface area contributed by atoms with Gasteiger partial charge in [0.25, 0.3) is 0 Å². The molecule has 0 amide bonds. The molecule has 0 saturated carbocycles. The maximum absolute atomic E-state index is 12.1. The normalized spacial score (nSPS) is 23.0. The number of hydrogen-bond donors (Lipinski definition) is 1. The Balaban J connectivity index is 2.53. The van der Waals surface area contributed by atoms with Crippen LogP contribution >= 0.6 is 0 Å². The van der Waals surface area contributed by atoms with Gasteiger partial charge < -0.3 is 19.9 Å². The number of likely N-dealkylation sites (N-methyl/N-ethyl adjacent to an activating group) is 1. The predicted molar refractivity (Wildman–Crippen MR) is 86.5 cm³/mol. The van der Waals surface area contributed by atoms with Crippen molar-refractivity contribution in [2.75, 3.05) is 47.4 Å². The van der Waals surface area contributed by atoms with Crippen molar-refractivity contribution in [1.29, 1.82) is 0 Å². The Labute approximate surface area is 130 Å². The van der Waals surface area contributed by atoms with Gasteiger partial charge in [0.1, 0.15) is 5.54 Å². The van der Waals surface area contributed by atoms with E-state index in [0.29, 0.717) is 6.04 Å². The number of nitrogens with zero attached hydrogens (tertiary/aromatic N) is 2. The van der Waals surface area contributed by atoms with E-state index in [4.69, 9.17) is 4.74 Å². The number of ether oxygens (including phenoxy) is 1. The second-order valence-electron chi connectivity index (χ2n) is 6.56. The maximum atomic E-state index is 12.1. The number of carbonyl (C=O) groups is 1. The van der Waals surface area contributed by atoms with Gasteiger partial charge in [-0.05, 0) is 59.8 Å². The minimum atomic E-state index is -0.574. The van der Waals surface area contributed by atoms with Gasteiger partial charge in [-0.2, -0.15) is 0 Å². The Morgan fingerprint density at radius 1 is 1.48 bits per heavy atom. The van der Waals surface area contributed by atoms with E-state index >= 15 is 0 Å². The van der Waals surface area contributed by atoms with E-state index in [-0.39, 0.29) is 5.97 Å². The molecule has 2 atom stereocenters. The summed E-state index contributed by atoms with van der Waals surface area (Å²) in [6.07, 6.45) is 4.31. The van der Waals surface area contributed by atoms with Crippen molar-refractivity contribution in [1.82, 2.24) is 15.1 Å². The quantitative estimate of drug-likeness (QED) is 0.685. The number of likely N-dealkylation sites (tertiary alicyclic amines) is 1. The minimum absolute atomic E-state index is 0.155. The van der Waals surface area contributed by atoms with Crippen molar-refractivity contribution >= 4 is 5.97 Å². The van der Waals surface area contributed by atoms with Gasteiger partial charge in [-0.15, -0.1) is 0 Å². The number of piperidine rings is 1. The SMILES string of the molecule is CCCNC(C)(CCN1CCCC(N(C)C)C1)C(=O)OC. The Morgan fingerprint density at radius 3 is 2.76 bits per heavy atom. The van der Waals surface area contributed by atoms with Gasteiger partial charge in [0, 0.05) is 19.1 Å². The van der Waals surface area contributed by atoms with Crippen LogP contribution in [0.5, 0.6) is 0 Å². The highest BCUT2D eigenvalue weighted by molar-refractivity contribution is 5.80. The molecule has 124 valence electrons. The summed E-state index contributed by atoms with van der Waals surface area (Å²) in [5.74, 6) is -0.155. The molecule has 0 bridgehead atoms. The average molecular weight is 299 g/mol. The summed E-state index contributed by atoms with van der Waals surface area (Å²) in [6.45, 7) is 8.07. The fourth-order valence-electron chi connectivity index (χ4n) is 2.93. The van der Waals surface area contributed by atoms with Gasteiger partial charge >= 0.3 is 5.97 Å². The van der Waals surface area contributed by atoms with Gasteiger partial charge in [0.05, 0.1) is 7.11 Å². The molecular formula is C16H33N3O2. The Morgan fingerprint density at radius 2 is 2.19 bits per heavy atom. The van der Waals surface area contributed by atoms with Gasteiger partial charge in [0.2, 0.25) is 0 Å². The second kappa shape index (κ2) is 8.71. The van der Waals surface area contributed by atoms with E-state index in [9.17, 15) is 4.79 Å². The zero-order valence-electron chi connectivity index (χ0n) is 14.4. The van der Waals surface area contributed by atoms with Crippen LogP contribution in [-0.2, 0) is 9.53 Å². The highest BCUT2D eigenvalue weighted by Crippen LogP contribution is 2.18. The highest BCUT2D eigenvalue weighted by atomic mass is 16.5. The number of hydrogen-bond acceptors (Lipinski definition) is 5. The van der Waals surface area contributed by atoms with Crippen LogP contribution in [0.2, 0.25) is 0 Å². The molecule has 21 heavy (non-hydrogen) atoms. The molecule has 1 aliphatic rings. The van der Waals surface area contributed by atoms with Crippen LogP contribution in [0.25, 0.3) is 0 Å². The summed E-state index contributed by atoms with van der Waals surface area (Å²) < 4.78 is 4.98. The van der Waals surface area contributed by atoms with E-state index < -0.39 is 5.54 Å². The Hall–Kier alpha value is -0.650. The van der Waals surface area contributed by atoms with E-state index in [1.807, 2.05) is 6.92 Å². The van der Waals surface area contributed by atoms with Gasteiger partial charge in [-0.3, -0.25) is 4.79 Å². The molecule has 0 aromatic heterocycles. The molecular weight excluding hydrogens is 266 g/mol. The lowest BCUT2D eigenvalue weighted by molar-refractivity contribution is -0.148. The van der Waals surface area contributed by atoms with Crippen molar-refractivity contribution in [3.05, 3.63) is 0 Å². The fourth-order valence-corrected chi connectivity index (χ4v) is 2.93. The molecule has 2 unspecified atom stereocenters. The molecule has 0 aromatic rings. The smallest absolute Gasteiger partial charge is 0.325 e. The van der Waals surface area contributed by atoms with Crippen LogP contribution in [0.1, 0.15) is 39.5 Å². The third kappa shape index (κ3) is 5.57. The van der Waals surface area contributed by atoms with Crippen molar-refractivity contribution < 1.29 is 9.53 Å². The second-order valence-corrected chi connectivity index (χ2v) is 6.56. The molecule has 1 aliphatic heterocycles. The van der Waals surface area contributed by atoms with E-state index in [2.05, 4.69) is 36.1 Å². The van der Waals surface area contributed by atoms with Gasteiger partial charge in [-0.25, -0.2) is 0 Å². The molecule has 1 fully saturated rings. The van der Waals surface area contributed by atoms with Crippen molar-refractivity contribution in [2.45, 2.75) is 51.1 Å². The van der Waals surface area contributed by atoms with Crippen LogP contribution in [0.15, 0.2) is 0 Å². The van der Waals surface area contributed by atoms with E-state index in [0.717, 1.165) is 39.0 Å². The molecule has 1 N–H and O–H groups in total. The van der Waals surface area contributed by atoms with Crippen LogP contribution in [0.3, 0.4) is 0 Å². The van der Waals surface area contributed by atoms with Crippen molar-refractivity contribution in [2.24, 2.45) is 0 Å². The topological polar surface area (TPSA) is 44.8 Å². The van der Waals surface area contributed by atoms with Crippen LogP contribution < -0.4 is 5.32 Å². The lowest BCUT2D eigenvalue weighted by atomic mass is 9.96. The largest absolute Gasteiger partial charge is 0.468 e. The standard InChI is InChI=1S/C16H33N3O2/c1-6-10-17-16(2,15(20)21-5)9-12-19-11-7-8-14(13-19)18(3)4/h14,17H,6-13H2,1-5H3. The summed E-state index contributed by atoms with van der Waals surface area (Å²) in [5.41, 5.74) is -0.574. The van der Waals surface area contributed by atoms with E-state index in [1.165, 1.54) is 20.0 Å². The van der Waals surface area contributed by atoms with Gasteiger partial charge in [-0.1, -0.05) is 6.92 Å². The summed E-state index contributed by atoms with van der Waals surface area (Å²) in [4.78, 5) is 16.9. The molecule has 0 aliphatic carbocycles. The highest BCUT2D eigenvalue weighted by Gasteiger charge is 2.34. The number of methoxy groups -OCH3 is 1. The Kier molecular flexibility index (Phi) is 7.63. The van der Waals surface area contributed by atoms with Crippen LogP contribution in [0, 0.1) is 0 Å². The first kappa shape index (κ1) is 18.4. The third-order valence-corrected chi connectivity index (χ3v) is 4.54. The first-order valence-electron chi connectivity index (χ1n) is 8.15. The zero-order valence-corrected chi connectivity index (χ0v) is 14.4. The molecule has 1 saturated heterocycles. The molecule has 0 aromatic carbocycles. The summed E-state index contributed by atoms with van der Waals surface area (Å²) >= 11 is 0. The molecule has 5 nitrogen and oxygen atoms in total. The van der Waals surface area contributed by atoms with E-state index in [1.54, 1.807) is 0 Å². The maximum Gasteiger partial charge on any atom is 0.325 e. The fraction of sp³-hybridized carbons (Fsp3) is 0.938. The molecule has 0 radical (unpaired) electrons. The number of carbonyl (C=O) groups excluding carboxylic acids is 1. The Bertz CT molecular complexity index is 323. The summed E-state index contributed by atoms with van der Waals surface area (Å²) in [5, 5.41) is 3.36. The molecule has 5 heteroatoms. The van der Waals surface area contributed by atoms with Crippen LogP contribution in [-0.4, -0.2) is 74.7 Å². The lowest BCUT2D eigenvalue weighted by Crippen LogP contribution is -2.53. The lowest BCUT2D eigenvalue weighted by Gasteiger charge is -2.38. The molecule has 1 rings (SSSR count). The number of nitrogens with one attached hydrogen (secondary N) is 1. The first-order valence-corrected chi connectivity index (χ1v) is 8.15. The zero-order chi connectivity index (χ0) is 15.9. The summed E-state index contributed by atoms with van der Waals surface area (Å²) in [7, 11) is 5.77. The first-order chi connectivity index (χ1) is 9.92. The van der Waals surface area contributed by atoms with Crippen LogP contribution in [0.4, 0.5) is 0 Å². The number of esters is 1. The molecule has 1 heterocycles. The minimum Gasteiger partial charge on any atom is -0.468 e. The summed E-state index contributed by atoms with van der Waals surface area (Å²) in [6, 6.07) is 0.631. The predicted octanol–water partition coefficient (Wildman–Crippen LogP) is 1.33. The van der Waals surface area contributed by atoms with Crippen molar-refractivity contribution in [3.8, 4) is 0 Å². The monoisotopic (exact) mass is 299 g/mol. The molecule has 0 spiro atoms. The van der Waals surface area contributed by atoms with Crippen molar-refractivity contribution in [3.63, 3.8) is 0 Å².